The number of hydrogen-bond acceptors (Lipinski definition) is 4. The van der Waals surface area contributed by atoms with E-state index in [2.05, 4.69) is 38.9 Å². The number of ether oxygens (including phenoxy) is 1. The molecule has 6 nitrogen and oxygen atoms in total. The van der Waals surface area contributed by atoms with Gasteiger partial charge in [-0.15, -0.1) is 0 Å². The molecule has 6 heteroatoms. The van der Waals surface area contributed by atoms with E-state index in [4.69, 9.17) is 4.74 Å². The summed E-state index contributed by atoms with van der Waals surface area (Å²) in [7, 11) is 1.55. The van der Waals surface area contributed by atoms with Gasteiger partial charge in [0.25, 0.3) is 5.91 Å². The minimum atomic E-state index is -0.232. The number of hydrogen-bond donors (Lipinski definition) is 3. The van der Waals surface area contributed by atoms with Crippen LogP contribution in [0.15, 0.2) is 73.1 Å². The number of para-hydroxylation sites is 2. The second-order valence-corrected chi connectivity index (χ2v) is 6.62. The van der Waals surface area contributed by atoms with Crippen LogP contribution in [0.25, 0.3) is 10.9 Å². The SMILES string of the molecule is COc1ccccc1C(=O)Nc1ccc(NCCc2c[nH]c3ccccc23)nc1. The van der Waals surface area contributed by atoms with Gasteiger partial charge in [0.15, 0.2) is 0 Å². The zero-order valence-electron chi connectivity index (χ0n) is 16.1. The van der Waals surface area contributed by atoms with E-state index in [0.717, 1.165) is 24.3 Å². The fourth-order valence-corrected chi connectivity index (χ4v) is 3.27. The summed E-state index contributed by atoms with van der Waals surface area (Å²) in [5.74, 6) is 1.07. The third-order valence-corrected chi connectivity index (χ3v) is 4.75. The Morgan fingerprint density at radius 2 is 1.90 bits per heavy atom. The number of carbonyl (C=O) groups is 1. The van der Waals surface area contributed by atoms with Gasteiger partial charge in [0.05, 0.1) is 24.6 Å². The van der Waals surface area contributed by atoms with Gasteiger partial charge in [-0.3, -0.25) is 4.79 Å². The maximum absolute atomic E-state index is 12.5. The Kier molecular flexibility index (Phi) is 5.42. The van der Waals surface area contributed by atoms with E-state index in [1.165, 1.54) is 10.9 Å². The van der Waals surface area contributed by atoms with Crippen LogP contribution in [0.3, 0.4) is 0 Å². The molecule has 146 valence electrons. The van der Waals surface area contributed by atoms with Gasteiger partial charge in [-0.1, -0.05) is 30.3 Å². The molecule has 2 heterocycles. The molecule has 0 aliphatic carbocycles. The molecule has 4 aromatic rings. The minimum absolute atomic E-state index is 0.232. The lowest BCUT2D eigenvalue weighted by Gasteiger charge is -2.10. The first-order chi connectivity index (χ1) is 14.2. The molecule has 2 aromatic carbocycles. The third-order valence-electron chi connectivity index (χ3n) is 4.75. The van der Waals surface area contributed by atoms with Gasteiger partial charge in [-0.25, -0.2) is 4.98 Å². The molecule has 0 fully saturated rings. The van der Waals surface area contributed by atoms with E-state index in [0.29, 0.717) is 17.0 Å². The summed E-state index contributed by atoms with van der Waals surface area (Å²) in [5, 5.41) is 7.41. The second-order valence-electron chi connectivity index (χ2n) is 6.62. The van der Waals surface area contributed by atoms with Crippen LogP contribution in [-0.2, 0) is 6.42 Å². The molecule has 1 amide bonds. The average Bonchev–Trinajstić information content (AvgIpc) is 3.18. The van der Waals surface area contributed by atoms with E-state index in [1.807, 2.05) is 30.3 Å². The van der Waals surface area contributed by atoms with Gasteiger partial charge in [-0.05, 0) is 42.3 Å². The van der Waals surface area contributed by atoms with Crippen molar-refractivity contribution < 1.29 is 9.53 Å². The topological polar surface area (TPSA) is 79.0 Å². The number of aromatic amines is 1. The number of nitrogens with zero attached hydrogens (tertiary/aromatic N) is 1. The van der Waals surface area contributed by atoms with Crippen molar-refractivity contribution in [2.75, 3.05) is 24.3 Å². The van der Waals surface area contributed by atoms with Gasteiger partial charge in [0.2, 0.25) is 0 Å². The van der Waals surface area contributed by atoms with E-state index >= 15 is 0 Å². The van der Waals surface area contributed by atoms with E-state index < -0.39 is 0 Å². The molecular formula is C23H22N4O2. The van der Waals surface area contributed by atoms with Crippen molar-refractivity contribution in [1.82, 2.24) is 9.97 Å². The molecule has 3 N–H and O–H groups in total. The van der Waals surface area contributed by atoms with Crippen LogP contribution in [0.2, 0.25) is 0 Å². The fraction of sp³-hybridized carbons (Fsp3) is 0.130. The number of fused-ring (bicyclic) bond motifs is 1. The molecule has 0 bridgehead atoms. The Morgan fingerprint density at radius 1 is 1.07 bits per heavy atom. The van der Waals surface area contributed by atoms with Crippen molar-refractivity contribution in [1.29, 1.82) is 0 Å². The van der Waals surface area contributed by atoms with Crippen molar-refractivity contribution in [2.45, 2.75) is 6.42 Å². The number of H-pyrrole nitrogens is 1. The number of anilines is 2. The van der Waals surface area contributed by atoms with Crippen LogP contribution in [0.1, 0.15) is 15.9 Å². The molecular weight excluding hydrogens is 364 g/mol. The highest BCUT2D eigenvalue weighted by atomic mass is 16.5. The number of carbonyl (C=O) groups excluding carboxylic acids is 1. The first-order valence-electron chi connectivity index (χ1n) is 9.44. The van der Waals surface area contributed by atoms with E-state index in [9.17, 15) is 4.79 Å². The van der Waals surface area contributed by atoms with Crippen molar-refractivity contribution >= 4 is 28.3 Å². The number of benzene rings is 2. The lowest BCUT2D eigenvalue weighted by Crippen LogP contribution is -2.13. The molecule has 0 spiro atoms. The summed E-state index contributed by atoms with van der Waals surface area (Å²) in [4.78, 5) is 20.1. The molecule has 2 aromatic heterocycles. The van der Waals surface area contributed by atoms with Crippen LogP contribution < -0.4 is 15.4 Å². The Labute approximate surface area is 168 Å². The normalized spacial score (nSPS) is 10.7. The van der Waals surface area contributed by atoms with Crippen LogP contribution in [0.5, 0.6) is 5.75 Å². The molecule has 4 rings (SSSR count). The molecule has 0 radical (unpaired) electrons. The molecule has 0 saturated heterocycles. The first kappa shape index (κ1) is 18.6. The lowest BCUT2D eigenvalue weighted by molar-refractivity contribution is 0.102. The standard InChI is InChI=1S/C23H22N4O2/c1-29-21-9-5-3-7-19(21)23(28)27-17-10-11-22(26-15-17)24-13-12-16-14-25-20-8-4-2-6-18(16)20/h2-11,14-15,25H,12-13H2,1H3,(H,24,26)(H,27,28). The largest absolute Gasteiger partial charge is 0.496 e. The summed E-state index contributed by atoms with van der Waals surface area (Å²) in [6.45, 7) is 0.766. The molecule has 0 unspecified atom stereocenters. The number of methoxy groups -OCH3 is 1. The third kappa shape index (κ3) is 4.21. The number of amides is 1. The maximum atomic E-state index is 12.5. The molecule has 0 saturated carbocycles. The van der Waals surface area contributed by atoms with Crippen LogP contribution >= 0.6 is 0 Å². The Hall–Kier alpha value is -3.80. The van der Waals surface area contributed by atoms with Crippen molar-refractivity contribution in [3.8, 4) is 5.75 Å². The van der Waals surface area contributed by atoms with Gasteiger partial charge < -0.3 is 20.4 Å². The summed E-state index contributed by atoms with van der Waals surface area (Å²) >= 11 is 0. The highest BCUT2D eigenvalue weighted by Crippen LogP contribution is 2.20. The van der Waals surface area contributed by atoms with Crippen LogP contribution in [0, 0.1) is 0 Å². The van der Waals surface area contributed by atoms with E-state index in [-0.39, 0.29) is 5.91 Å². The quantitative estimate of drug-likeness (QED) is 0.438. The molecule has 0 aliphatic rings. The predicted molar refractivity (Wildman–Crippen MR) is 116 cm³/mol. The van der Waals surface area contributed by atoms with E-state index in [1.54, 1.807) is 31.5 Å². The number of rotatable bonds is 7. The fourth-order valence-electron chi connectivity index (χ4n) is 3.27. The highest BCUT2D eigenvalue weighted by Gasteiger charge is 2.11. The number of pyridine rings is 1. The van der Waals surface area contributed by atoms with Crippen LogP contribution in [0.4, 0.5) is 11.5 Å². The van der Waals surface area contributed by atoms with Gasteiger partial charge in [-0.2, -0.15) is 0 Å². The number of aromatic nitrogens is 2. The van der Waals surface area contributed by atoms with Gasteiger partial charge in [0.1, 0.15) is 11.6 Å². The smallest absolute Gasteiger partial charge is 0.259 e. The second kappa shape index (κ2) is 8.48. The van der Waals surface area contributed by atoms with Crippen LogP contribution in [-0.4, -0.2) is 29.5 Å². The minimum Gasteiger partial charge on any atom is -0.496 e. The first-order valence-corrected chi connectivity index (χ1v) is 9.44. The Morgan fingerprint density at radius 3 is 2.72 bits per heavy atom. The summed E-state index contributed by atoms with van der Waals surface area (Å²) < 4.78 is 5.24. The van der Waals surface area contributed by atoms with Gasteiger partial charge in [0, 0.05) is 23.6 Å². The molecule has 0 aliphatic heterocycles. The zero-order valence-corrected chi connectivity index (χ0v) is 16.1. The predicted octanol–water partition coefficient (Wildman–Crippen LogP) is 4.48. The average molecular weight is 386 g/mol. The Balaban J connectivity index is 1.34. The molecule has 29 heavy (non-hydrogen) atoms. The summed E-state index contributed by atoms with van der Waals surface area (Å²) in [6.07, 6.45) is 4.58. The summed E-state index contributed by atoms with van der Waals surface area (Å²) in [6, 6.07) is 19.1. The number of nitrogens with one attached hydrogen (secondary N) is 3. The lowest BCUT2D eigenvalue weighted by atomic mass is 10.1. The van der Waals surface area contributed by atoms with Gasteiger partial charge >= 0.3 is 0 Å². The monoisotopic (exact) mass is 386 g/mol. The van der Waals surface area contributed by atoms with Crippen molar-refractivity contribution in [2.24, 2.45) is 0 Å². The zero-order chi connectivity index (χ0) is 20.1. The van der Waals surface area contributed by atoms with Crippen molar-refractivity contribution in [3.05, 3.63) is 84.2 Å². The maximum Gasteiger partial charge on any atom is 0.259 e. The van der Waals surface area contributed by atoms with Crippen molar-refractivity contribution in [3.63, 3.8) is 0 Å². The highest BCUT2D eigenvalue weighted by molar-refractivity contribution is 6.06. The Bertz CT molecular complexity index is 1120. The molecule has 0 atom stereocenters. The summed E-state index contributed by atoms with van der Waals surface area (Å²) in [5.41, 5.74) is 3.53.